The molecule has 1 aliphatic carbocycles. The molecule has 0 aromatic carbocycles. The van der Waals surface area contributed by atoms with E-state index in [4.69, 9.17) is 10.6 Å². The van der Waals surface area contributed by atoms with Crippen molar-refractivity contribution in [1.82, 2.24) is 5.43 Å². The van der Waals surface area contributed by atoms with E-state index < -0.39 is 0 Å². The van der Waals surface area contributed by atoms with Crippen LogP contribution in [-0.2, 0) is 4.74 Å². The monoisotopic (exact) mass is 200 g/mol. The third-order valence-corrected chi connectivity index (χ3v) is 3.18. The highest BCUT2D eigenvalue weighted by atomic mass is 16.5. The zero-order valence-corrected chi connectivity index (χ0v) is 9.46. The standard InChI is InChI=1S/C11H24N2O/c1-9(14-2)3-7-11(13-12)8-6-10-4-5-10/h9-11,13H,3-8,12H2,1-2H3. The van der Waals surface area contributed by atoms with Crippen molar-refractivity contribution >= 4 is 0 Å². The molecule has 0 heterocycles. The second kappa shape index (κ2) is 6.38. The molecule has 1 aliphatic rings. The Morgan fingerprint density at radius 1 is 1.36 bits per heavy atom. The van der Waals surface area contributed by atoms with Gasteiger partial charge in [-0.05, 0) is 38.5 Å². The van der Waals surface area contributed by atoms with Crippen LogP contribution in [0.4, 0.5) is 0 Å². The average molecular weight is 200 g/mol. The minimum absolute atomic E-state index is 0.353. The van der Waals surface area contributed by atoms with Crippen LogP contribution in [0.25, 0.3) is 0 Å². The molecule has 3 nitrogen and oxygen atoms in total. The van der Waals surface area contributed by atoms with E-state index in [9.17, 15) is 0 Å². The Bertz CT molecular complexity index is 148. The van der Waals surface area contributed by atoms with Crippen LogP contribution in [0.15, 0.2) is 0 Å². The largest absolute Gasteiger partial charge is 0.382 e. The SMILES string of the molecule is COC(C)CCC(CCC1CC1)NN. The van der Waals surface area contributed by atoms with Crippen LogP contribution in [-0.4, -0.2) is 19.3 Å². The molecule has 0 aromatic rings. The highest BCUT2D eigenvalue weighted by Crippen LogP contribution is 2.34. The first kappa shape index (κ1) is 12.0. The van der Waals surface area contributed by atoms with E-state index in [1.54, 1.807) is 7.11 Å². The summed E-state index contributed by atoms with van der Waals surface area (Å²) in [6.07, 6.45) is 8.01. The second-order valence-corrected chi connectivity index (χ2v) is 4.51. The number of hydrazine groups is 1. The summed E-state index contributed by atoms with van der Waals surface area (Å²) < 4.78 is 5.21. The van der Waals surface area contributed by atoms with E-state index in [0.717, 1.165) is 18.8 Å². The number of hydrogen-bond donors (Lipinski definition) is 2. The molecular weight excluding hydrogens is 176 g/mol. The summed E-state index contributed by atoms with van der Waals surface area (Å²) >= 11 is 0. The lowest BCUT2D eigenvalue weighted by Gasteiger charge is -2.17. The van der Waals surface area contributed by atoms with Gasteiger partial charge in [0.1, 0.15) is 0 Å². The van der Waals surface area contributed by atoms with Crippen molar-refractivity contribution in [2.24, 2.45) is 11.8 Å². The van der Waals surface area contributed by atoms with Crippen molar-refractivity contribution < 1.29 is 4.74 Å². The quantitative estimate of drug-likeness (QED) is 0.464. The fraction of sp³-hybridized carbons (Fsp3) is 1.00. The molecule has 3 heteroatoms. The van der Waals surface area contributed by atoms with Crippen LogP contribution >= 0.6 is 0 Å². The minimum atomic E-state index is 0.353. The van der Waals surface area contributed by atoms with Gasteiger partial charge in [0.25, 0.3) is 0 Å². The Labute approximate surface area is 87.4 Å². The molecule has 0 radical (unpaired) electrons. The molecule has 2 unspecified atom stereocenters. The van der Waals surface area contributed by atoms with Gasteiger partial charge in [-0.15, -0.1) is 0 Å². The molecule has 3 N–H and O–H groups in total. The van der Waals surface area contributed by atoms with E-state index in [1.165, 1.54) is 25.7 Å². The fourth-order valence-electron chi connectivity index (χ4n) is 1.71. The zero-order valence-electron chi connectivity index (χ0n) is 9.46. The molecule has 0 aliphatic heterocycles. The summed E-state index contributed by atoms with van der Waals surface area (Å²) in [5.74, 6) is 6.52. The molecule has 0 amide bonds. The third kappa shape index (κ3) is 4.94. The molecule has 0 bridgehead atoms. The van der Waals surface area contributed by atoms with Crippen molar-refractivity contribution in [3.8, 4) is 0 Å². The Balaban J connectivity index is 2.03. The van der Waals surface area contributed by atoms with Crippen LogP contribution in [0, 0.1) is 5.92 Å². The van der Waals surface area contributed by atoms with Crippen molar-refractivity contribution in [3.05, 3.63) is 0 Å². The van der Waals surface area contributed by atoms with E-state index in [0.29, 0.717) is 12.1 Å². The highest BCUT2D eigenvalue weighted by molar-refractivity contribution is 4.76. The molecule has 0 saturated heterocycles. The Hall–Kier alpha value is -0.120. The van der Waals surface area contributed by atoms with Crippen molar-refractivity contribution in [2.75, 3.05) is 7.11 Å². The van der Waals surface area contributed by atoms with Crippen LogP contribution in [0.3, 0.4) is 0 Å². The van der Waals surface area contributed by atoms with Crippen LogP contribution in [0.2, 0.25) is 0 Å². The second-order valence-electron chi connectivity index (χ2n) is 4.51. The van der Waals surface area contributed by atoms with Gasteiger partial charge in [0.2, 0.25) is 0 Å². The third-order valence-electron chi connectivity index (χ3n) is 3.18. The van der Waals surface area contributed by atoms with E-state index >= 15 is 0 Å². The van der Waals surface area contributed by atoms with E-state index in [2.05, 4.69) is 12.3 Å². The number of rotatable bonds is 8. The Morgan fingerprint density at radius 2 is 2.07 bits per heavy atom. The first-order valence-electron chi connectivity index (χ1n) is 5.75. The maximum Gasteiger partial charge on any atom is 0.0543 e. The van der Waals surface area contributed by atoms with Crippen molar-refractivity contribution in [2.45, 2.75) is 57.6 Å². The van der Waals surface area contributed by atoms with Gasteiger partial charge in [-0.25, -0.2) is 0 Å². The van der Waals surface area contributed by atoms with Gasteiger partial charge in [-0.2, -0.15) is 0 Å². The summed E-state index contributed by atoms with van der Waals surface area (Å²) in [5.41, 5.74) is 2.91. The van der Waals surface area contributed by atoms with Crippen molar-refractivity contribution in [1.29, 1.82) is 0 Å². The van der Waals surface area contributed by atoms with Gasteiger partial charge in [-0.3, -0.25) is 11.3 Å². The Kier molecular flexibility index (Phi) is 5.45. The molecule has 84 valence electrons. The maximum absolute atomic E-state index is 5.52. The van der Waals surface area contributed by atoms with Gasteiger partial charge < -0.3 is 4.74 Å². The minimum Gasteiger partial charge on any atom is -0.382 e. The van der Waals surface area contributed by atoms with Gasteiger partial charge in [0, 0.05) is 13.2 Å². The summed E-state index contributed by atoms with van der Waals surface area (Å²) in [7, 11) is 1.76. The molecule has 2 atom stereocenters. The van der Waals surface area contributed by atoms with Crippen LogP contribution in [0.5, 0.6) is 0 Å². The van der Waals surface area contributed by atoms with Gasteiger partial charge in [0.05, 0.1) is 6.10 Å². The maximum atomic E-state index is 5.52. The van der Waals surface area contributed by atoms with Gasteiger partial charge >= 0.3 is 0 Å². The lowest BCUT2D eigenvalue weighted by molar-refractivity contribution is 0.105. The number of methoxy groups -OCH3 is 1. The predicted molar refractivity (Wildman–Crippen MR) is 58.8 cm³/mol. The van der Waals surface area contributed by atoms with Crippen LogP contribution in [0.1, 0.15) is 45.4 Å². The topological polar surface area (TPSA) is 47.3 Å². The zero-order chi connectivity index (χ0) is 10.4. The van der Waals surface area contributed by atoms with E-state index in [1.807, 2.05) is 0 Å². The lowest BCUT2D eigenvalue weighted by Crippen LogP contribution is -2.35. The molecule has 0 spiro atoms. The summed E-state index contributed by atoms with van der Waals surface area (Å²) in [5, 5.41) is 0. The number of nitrogens with two attached hydrogens (primary N) is 1. The van der Waals surface area contributed by atoms with Crippen molar-refractivity contribution in [3.63, 3.8) is 0 Å². The molecule has 1 rings (SSSR count). The first-order chi connectivity index (χ1) is 6.76. The molecule has 14 heavy (non-hydrogen) atoms. The predicted octanol–water partition coefficient (Wildman–Crippen LogP) is 1.82. The first-order valence-corrected chi connectivity index (χ1v) is 5.75. The number of hydrogen-bond acceptors (Lipinski definition) is 3. The normalized spacial score (nSPS) is 20.8. The molecule has 1 fully saturated rings. The summed E-state index contributed by atoms with van der Waals surface area (Å²) in [6.45, 7) is 2.11. The fourth-order valence-corrected chi connectivity index (χ4v) is 1.71. The smallest absolute Gasteiger partial charge is 0.0543 e. The highest BCUT2D eigenvalue weighted by Gasteiger charge is 2.22. The summed E-state index contributed by atoms with van der Waals surface area (Å²) in [6, 6.07) is 0.480. The number of ether oxygens (including phenoxy) is 1. The summed E-state index contributed by atoms with van der Waals surface area (Å²) in [4.78, 5) is 0. The Morgan fingerprint density at radius 3 is 2.57 bits per heavy atom. The average Bonchev–Trinajstić information content (AvgIpc) is 3.01. The van der Waals surface area contributed by atoms with Gasteiger partial charge in [0.15, 0.2) is 0 Å². The molecular formula is C11H24N2O. The molecule has 0 aromatic heterocycles. The lowest BCUT2D eigenvalue weighted by atomic mass is 10.0. The van der Waals surface area contributed by atoms with Crippen LogP contribution < -0.4 is 11.3 Å². The van der Waals surface area contributed by atoms with Gasteiger partial charge in [-0.1, -0.05) is 12.8 Å². The van der Waals surface area contributed by atoms with E-state index in [-0.39, 0.29) is 0 Å². The molecule has 1 saturated carbocycles. The number of nitrogens with one attached hydrogen (secondary N) is 1.